The molecule has 174 valence electrons. The lowest BCUT2D eigenvalue weighted by molar-refractivity contribution is -0.270. The van der Waals surface area contributed by atoms with Crippen molar-refractivity contribution in [2.75, 3.05) is 6.54 Å². The number of hydrogen-bond donors (Lipinski definition) is 2. The Bertz CT molecular complexity index is 744. The Morgan fingerprint density at radius 1 is 1.06 bits per heavy atom. The van der Waals surface area contributed by atoms with E-state index < -0.39 is 54.7 Å². The predicted octanol–water partition coefficient (Wildman–Crippen LogP) is 4.18. The van der Waals surface area contributed by atoms with Gasteiger partial charge in [-0.3, -0.25) is 9.69 Å². The second-order valence-corrected chi connectivity index (χ2v) is 8.55. The molecule has 1 saturated heterocycles. The molecule has 2 aliphatic rings. The highest BCUT2D eigenvalue weighted by molar-refractivity contribution is 5.79. The number of nitrogens with zero attached hydrogens (tertiary/aromatic N) is 1. The number of piperidine rings is 1. The minimum Gasteiger partial charge on any atom is -0.380 e. The van der Waals surface area contributed by atoms with Crippen LogP contribution in [-0.4, -0.2) is 52.5 Å². The van der Waals surface area contributed by atoms with Crippen molar-refractivity contribution in [1.82, 2.24) is 10.2 Å². The van der Waals surface area contributed by atoms with Gasteiger partial charge >= 0.3 is 12.4 Å². The van der Waals surface area contributed by atoms with Gasteiger partial charge in [-0.1, -0.05) is 30.3 Å². The summed E-state index contributed by atoms with van der Waals surface area (Å²) in [7, 11) is 0. The fourth-order valence-electron chi connectivity index (χ4n) is 4.44. The van der Waals surface area contributed by atoms with Crippen molar-refractivity contribution in [3.8, 4) is 0 Å². The van der Waals surface area contributed by atoms with Gasteiger partial charge < -0.3 is 10.4 Å². The summed E-state index contributed by atoms with van der Waals surface area (Å²) in [5.41, 5.74) is -2.02. The quantitative estimate of drug-likeness (QED) is 0.674. The van der Waals surface area contributed by atoms with Crippen LogP contribution in [0, 0.1) is 5.92 Å². The summed E-state index contributed by atoms with van der Waals surface area (Å²) in [6.07, 6.45) is -10.6. The van der Waals surface area contributed by atoms with Gasteiger partial charge in [0, 0.05) is 18.5 Å². The van der Waals surface area contributed by atoms with Crippen molar-refractivity contribution in [1.29, 1.82) is 0 Å². The van der Waals surface area contributed by atoms with Gasteiger partial charge in [0.25, 0.3) is 0 Å². The molecule has 1 amide bonds. The summed E-state index contributed by atoms with van der Waals surface area (Å²) in [6, 6.07) is 6.43. The lowest BCUT2D eigenvalue weighted by atomic mass is 9.81. The summed E-state index contributed by atoms with van der Waals surface area (Å²) in [5, 5.41) is 12.3. The molecule has 2 fully saturated rings. The van der Waals surface area contributed by atoms with Crippen molar-refractivity contribution >= 4 is 5.91 Å². The molecule has 1 aliphatic heterocycles. The first-order valence-corrected chi connectivity index (χ1v) is 10.3. The molecule has 0 spiro atoms. The zero-order valence-electron chi connectivity index (χ0n) is 16.8. The first kappa shape index (κ1) is 23.8. The van der Waals surface area contributed by atoms with E-state index in [0.29, 0.717) is 0 Å². The van der Waals surface area contributed by atoms with E-state index in [1.807, 2.05) is 0 Å². The number of carbonyl (C=O) groups is 1. The van der Waals surface area contributed by atoms with E-state index in [2.05, 4.69) is 5.32 Å². The number of nitrogens with one attached hydrogen (secondary N) is 1. The Morgan fingerprint density at radius 2 is 1.68 bits per heavy atom. The fraction of sp³-hybridized carbons (Fsp3) is 0.667. The molecule has 10 heteroatoms. The maximum absolute atomic E-state index is 13.7. The fourth-order valence-corrected chi connectivity index (χ4v) is 4.44. The molecule has 0 radical (unpaired) electrons. The standard InChI is InChI=1S/C21H26F6N2O2/c22-20(23,24)17-12-15(8-11-29(17)13-14-4-2-1-3-5-14)18(30)28-16-6-9-19(31,10-7-16)21(25,26)27/h1-5,15-17,31H,6-13H2,(H,28,30)/t15-,16?,17-,19?/m1/s1. The number of aliphatic hydroxyl groups is 1. The van der Waals surface area contributed by atoms with E-state index >= 15 is 0 Å². The molecule has 1 heterocycles. The molecule has 0 bridgehead atoms. The van der Waals surface area contributed by atoms with Crippen LogP contribution in [0.15, 0.2) is 30.3 Å². The summed E-state index contributed by atoms with van der Waals surface area (Å²) in [4.78, 5) is 13.9. The van der Waals surface area contributed by atoms with E-state index in [1.165, 1.54) is 4.90 Å². The smallest absolute Gasteiger partial charge is 0.380 e. The van der Waals surface area contributed by atoms with Gasteiger partial charge in [0.15, 0.2) is 5.60 Å². The van der Waals surface area contributed by atoms with Gasteiger partial charge in [0.05, 0.1) is 0 Å². The minimum atomic E-state index is -4.74. The second-order valence-electron chi connectivity index (χ2n) is 8.55. The molecule has 0 aromatic heterocycles. The Balaban J connectivity index is 1.58. The zero-order chi connectivity index (χ0) is 22.9. The van der Waals surface area contributed by atoms with Gasteiger partial charge in [0.1, 0.15) is 6.04 Å². The average molecular weight is 452 g/mol. The maximum atomic E-state index is 13.7. The maximum Gasteiger partial charge on any atom is 0.417 e. The van der Waals surface area contributed by atoms with Crippen LogP contribution >= 0.6 is 0 Å². The summed E-state index contributed by atoms with van der Waals surface area (Å²) < 4.78 is 79.8. The number of amides is 1. The van der Waals surface area contributed by atoms with Gasteiger partial charge in [-0.05, 0) is 50.6 Å². The van der Waals surface area contributed by atoms with Crippen LogP contribution in [0.4, 0.5) is 26.3 Å². The van der Waals surface area contributed by atoms with Gasteiger partial charge in [-0.2, -0.15) is 26.3 Å². The Morgan fingerprint density at radius 3 is 2.23 bits per heavy atom. The van der Waals surface area contributed by atoms with E-state index in [4.69, 9.17) is 0 Å². The average Bonchev–Trinajstić information content (AvgIpc) is 2.69. The van der Waals surface area contributed by atoms with Crippen molar-refractivity contribution in [3.05, 3.63) is 35.9 Å². The number of rotatable bonds is 4. The largest absolute Gasteiger partial charge is 0.417 e. The normalized spacial score (nSPS) is 30.7. The van der Waals surface area contributed by atoms with E-state index in [0.717, 1.165) is 5.56 Å². The highest BCUT2D eigenvalue weighted by Gasteiger charge is 2.55. The van der Waals surface area contributed by atoms with Crippen LogP contribution in [0.5, 0.6) is 0 Å². The van der Waals surface area contributed by atoms with E-state index in [-0.39, 0.29) is 38.8 Å². The summed E-state index contributed by atoms with van der Waals surface area (Å²) >= 11 is 0. The third-order valence-corrected chi connectivity index (χ3v) is 6.38. The van der Waals surface area contributed by atoms with Crippen molar-refractivity contribution in [2.24, 2.45) is 5.92 Å². The molecule has 1 aromatic rings. The van der Waals surface area contributed by atoms with Crippen molar-refractivity contribution in [3.63, 3.8) is 0 Å². The van der Waals surface area contributed by atoms with E-state index in [9.17, 15) is 36.2 Å². The van der Waals surface area contributed by atoms with Crippen LogP contribution in [0.2, 0.25) is 0 Å². The first-order valence-electron chi connectivity index (χ1n) is 10.3. The SMILES string of the molecule is O=C(NC1CCC(O)(C(F)(F)F)CC1)[C@@H]1CCN(Cc2ccccc2)[C@@H](C(F)(F)F)C1. The number of halogens is 6. The van der Waals surface area contributed by atoms with Gasteiger partial charge in [-0.25, -0.2) is 0 Å². The van der Waals surface area contributed by atoms with Crippen LogP contribution < -0.4 is 5.32 Å². The van der Waals surface area contributed by atoms with Crippen molar-refractivity contribution < 1.29 is 36.2 Å². The highest BCUT2D eigenvalue weighted by atomic mass is 19.4. The van der Waals surface area contributed by atoms with Crippen LogP contribution in [0.1, 0.15) is 44.1 Å². The van der Waals surface area contributed by atoms with Crippen molar-refractivity contribution in [2.45, 2.75) is 75.1 Å². The summed E-state index contributed by atoms with van der Waals surface area (Å²) in [6.45, 7) is 0.216. The van der Waals surface area contributed by atoms with Gasteiger partial charge in [-0.15, -0.1) is 0 Å². The molecular formula is C21H26F6N2O2. The predicted molar refractivity (Wildman–Crippen MR) is 101 cm³/mol. The third-order valence-electron chi connectivity index (χ3n) is 6.38. The van der Waals surface area contributed by atoms with Crippen LogP contribution in [0.25, 0.3) is 0 Å². The minimum absolute atomic E-state index is 0.0721. The number of benzene rings is 1. The monoisotopic (exact) mass is 452 g/mol. The molecule has 1 saturated carbocycles. The molecule has 31 heavy (non-hydrogen) atoms. The second kappa shape index (κ2) is 8.97. The third kappa shape index (κ3) is 5.71. The van der Waals surface area contributed by atoms with Crippen LogP contribution in [-0.2, 0) is 11.3 Å². The van der Waals surface area contributed by atoms with Crippen LogP contribution in [0.3, 0.4) is 0 Å². The molecule has 3 rings (SSSR count). The summed E-state index contributed by atoms with van der Waals surface area (Å²) in [5.74, 6) is -1.42. The first-order chi connectivity index (χ1) is 14.4. The topological polar surface area (TPSA) is 52.6 Å². The molecule has 0 unspecified atom stereocenters. The molecule has 4 nitrogen and oxygen atoms in total. The Kier molecular flexibility index (Phi) is 6.90. The molecule has 1 aromatic carbocycles. The Labute approximate surface area is 176 Å². The van der Waals surface area contributed by atoms with Gasteiger partial charge in [0.2, 0.25) is 5.91 Å². The molecule has 1 aliphatic carbocycles. The lowest BCUT2D eigenvalue weighted by Gasteiger charge is -2.41. The number of hydrogen-bond acceptors (Lipinski definition) is 3. The lowest BCUT2D eigenvalue weighted by Crippen LogP contribution is -2.54. The molecular weight excluding hydrogens is 426 g/mol. The highest BCUT2D eigenvalue weighted by Crippen LogP contribution is 2.41. The number of carbonyl (C=O) groups excluding carboxylic acids is 1. The number of alkyl halides is 6. The Hall–Kier alpha value is -1.81. The molecule has 2 N–H and O–H groups in total. The number of likely N-dealkylation sites (tertiary alicyclic amines) is 1. The molecule has 2 atom stereocenters. The zero-order valence-corrected chi connectivity index (χ0v) is 16.8. The van der Waals surface area contributed by atoms with E-state index in [1.54, 1.807) is 30.3 Å².